The highest BCUT2D eigenvalue weighted by atomic mass is 16.5. The van der Waals surface area contributed by atoms with Crippen LogP contribution in [0.3, 0.4) is 0 Å². The molecule has 2 aromatic heterocycles. The first-order valence-electron chi connectivity index (χ1n) is 8.95. The maximum atomic E-state index is 12.7. The summed E-state index contributed by atoms with van der Waals surface area (Å²) in [4.78, 5) is 21.7. The maximum Gasteiger partial charge on any atom is 0.251 e. The molecule has 0 fully saturated rings. The SMILES string of the molecule is COc1ccccc1CNC(=O)c1cccc(-c2nc3cccnc3n2C)c1. The van der Waals surface area contributed by atoms with Crippen LogP contribution in [0.2, 0.25) is 0 Å². The molecule has 4 rings (SSSR count). The molecule has 0 spiro atoms. The Morgan fingerprint density at radius 1 is 1.11 bits per heavy atom. The summed E-state index contributed by atoms with van der Waals surface area (Å²) in [7, 11) is 3.54. The van der Waals surface area contributed by atoms with Gasteiger partial charge in [-0.3, -0.25) is 4.79 Å². The molecule has 0 aliphatic rings. The Morgan fingerprint density at radius 3 is 2.79 bits per heavy atom. The van der Waals surface area contributed by atoms with Gasteiger partial charge in [-0.15, -0.1) is 0 Å². The van der Waals surface area contributed by atoms with Crippen molar-refractivity contribution in [1.29, 1.82) is 0 Å². The zero-order valence-electron chi connectivity index (χ0n) is 15.7. The van der Waals surface area contributed by atoms with Gasteiger partial charge in [0.1, 0.15) is 17.1 Å². The normalized spacial score (nSPS) is 10.8. The van der Waals surface area contributed by atoms with Crippen molar-refractivity contribution in [2.45, 2.75) is 6.54 Å². The smallest absolute Gasteiger partial charge is 0.251 e. The number of pyridine rings is 1. The number of aromatic nitrogens is 3. The highest BCUT2D eigenvalue weighted by Gasteiger charge is 2.13. The fourth-order valence-electron chi connectivity index (χ4n) is 3.21. The Kier molecular flexibility index (Phi) is 4.76. The van der Waals surface area contributed by atoms with E-state index in [1.165, 1.54) is 0 Å². The fourth-order valence-corrected chi connectivity index (χ4v) is 3.21. The third kappa shape index (κ3) is 3.32. The van der Waals surface area contributed by atoms with Crippen LogP contribution in [0.4, 0.5) is 0 Å². The molecule has 0 saturated heterocycles. The average Bonchev–Trinajstić information content (AvgIpc) is 3.09. The molecule has 6 heteroatoms. The molecule has 4 aromatic rings. The zero-order chi connectivity index (χ0) is 19.5. The van der Waals surface area contributed by atoms with Gasteiger partial charge >= 0.3 is 0 Å². The number of nitrogens with one attached hydrogen (secondary N) is 1. The van der Waals surface area contributed by atoms with E-state index in [1.807, 2.05) is 66.2 Å². The number of carbonyl (C=O) groups excluding carboxylic acids is 1. The number of imidazole rings is 1. The van der Waals surface area contributed by atoms with E-state index in [0.717, 1.165) is 33.9 Å². The van der Waals surface area contributed by atoms with E-state index in [9.17, 15) is 4.79 Å². The minimum absolute atomic E-state index is 0.148. The number of rotatable bonds is 5. The molecule has 2 heterocycles. The minimum Gasteiger partial charge on any atom is -0.496 e. The molecule has 0 saturated carbocycles. The molecule has 0 aliphatic heterocycles. The van der Waals surface area contributed by atoms with Crippen LogP contribution in [0.5, 0.6) is 5.75 Å². The predicted octanol–water partition coefficient (Wildman–Crippen LogP) is 3.57. The summed E-state index contributed by atoms with van der Waals surface area (Å²) < 4.78 is 7.27. The lowest BCUT2D eigenvalue weighted by Gasteiger charge is -2.10. The molecule has 0 radical (unpaired) electrons. The van der Waals surface area contributed by atoms with Crippen molar-refractivity contribution >= 4 is 17.1 Å². The van der Waals surface area contributed by atoms with Gasteiger partial charge in [0.05, 0.1) is 7.11 Å². The maximum absolute atomic E-state index is 12.7. The van der Waals surface area contributed by atoms with Crippen LogP contribution in [-0.2, 0) is 13.6 Å². The Hall–Kier alpha value is -3.67. The quantitative estimate of drug-likeness (QED) is 0.581. The first kappa shape index (κ1) is 17.7. The molecule has 0 unspecified atom stereocenters. The van der Waals surface area contributed by atoms with Crippen molar-refractivity contribution in [1.82, 2.24) is 19.9 Å². The number of methoxy groups -OCH3 is 1. The molecule has 140 valence electrons. The second-order valence-corrected chi connectivity index (χ2v) is 6.42. The van der Waals surface area contributed by atoms with Gasteiger partial charge in [0.2, 0.25) is 0 Å². The highest BCUT2D eigenvalue weighted by molar-refractivity contribution is 5.95. The number of hydrogen-bond acceptors (Lipinski definition) is 4. The van der Waals surface area contributed by atoms with Crippen molar-refractivity contribution < 1.29 is 9.53 Å². The van der Waals surface area contributed by atoms with Crippen molar-refractivity contribution in [3.63, 3.8) is 0 Å². The number of ether oxygens (including phenoxy) is 1. The van der Waals surface area contributed by atoms with E-state index >= 15 is 0 Å². The molecular formula is C22H20N4O2. The van der Waals surface area contributed by atoms with Crippen molar-refractivity contribution in [2.75, 3.05) is 7.11 Å². The van der Waals surface area contributed by atoms with Crippen LogP contribution < -0.4 is 10.1 Å². The molecule has 6 nitrogen and oxygen atoms in total. The largest absolute Gasteiger partial charge is 0.496 e. The monoisotopic (exact) mass is 372 g/mol. The zero-order valence-corrected chi connectivity index (χ0v) is 15.7. The van der Waals surface area contributed by atoms with Crippen LogP contribution >= 0.6 is 0 Å². The number of benzene rings is 2. The van der Waals surface area contributed by atoms with Crippen LogP contribution in [0.15, 0.2) is 66.9 Å². The van der Waals surface area contributed by atoms with E-state index in [1.54, 1.807) is 19.4 Å². The lowest BCUT2D eigenvalue weighted by molar-refractivity contribution is 0.0950. The number of carbonyl (C=O) groups is 1. The Balaban J connectivity index is 1.58. The van der Waals surface area contributed by atoms with E-state index in [4.69, 9.17) is 4.74 Å². The summed E-state index contributed by atoms with van der Waals surface area (Å²) in [6.07, 6.45) is 1.75. The summed E-state index contributed by atoms with van der Waals surface area (Å²) in [5.41, 5.74) is 4.00. The second kappa shape index (κ2) is 7.52. The second-order valence-electron chi connectivity index (χ2n) is 6.42. The Morgan fingerprint density at radius 2 is 1.96 bits per heavy atom. The molecule has 0 bridgehead atoms. The standard InChI is InChI=1S/C22H20N4O2/c1-26-20(25-18-10-6-12-23-21(18)26)15-8-5-9-16(13-15)22(27)24-14-17-7-3-4-11-19(17)28-2/h3-13H,14H2,1-2H3,(H,24,27). The Bertz CT molecular complexity index is 1150. The molecule has 0 aliphatic carbocycles. The van der Waals surface area contributed by atoms with E-state index in [-0.39, 0.29) is 5.91 Å². The van der Waals surface area contributed by atoms with Gasteiger partial charge in [0.25, 0.3) is 5.91 Å². The third-order valence-electron chi connectivity index (χ3n) is 4.64. The van der Waals surface area contributed by atoms with Gasteiger partial charge in [0.15, 0.2) is 5.65 Å². The van der Waals surface area contributed by atoms with Crippen LogP contribution in [-0.4, -0.2) is 27.6 Å². The van der Waals surface area contributed by atoms with Crippen LogP contribution in [0, 0.1) is 0 Å². The van der Waals surface area contributed by atoms with Crippen molar-refractivity contribution in [2.24, 2.45) is 7.05 Å². The summed E-state index contributed by atoms with van der Waals surface area (Å²) in [6, 6.07) is 18.9. The van der Waals surface area contributed by atoms with E-state index < -0.39 is 0 Å². The molecular weight excluding hydrogens is 352 g/mol. The molecule has 2 aromatic carbocycles. The lowest BCUT2D eigenvalue weighted by atomic mass is 10.1. The first-order valence-corrected chi connectivity index (χ1v) is 8.95. The van der Waals surface area contributed by atoms with Gasteiger partial charge in [-0.25, -0.2) is 9.97 Å². The number of aryl methyl sites for hydroxylation is 1. The van der Waals surface area contributed by atoms with Crippen molar-refractivity contribution in [3.8, 4) is 17.1 Å². The topological polar surface area (TPSA) is 69.0 Å². The molecule has 28 heavy (non-hydrogen) atoms. The minimum atomic E-state index is -0.148. The van der Waals surface area contributed by atoms with Crippen LogP contribution in [0.25, 0.3) is 22.6 Å². The third-order valence-corrected chi connectivity index (χ3v) is 4.64. The highest BCUT2D eigenvalue weighted by Crippen LogP contribution is 2.23. The van der Waals surface area contributed by atoms with Crippen molar-refractivity contribution in [3.05, 3.63) is 78.0 Å². The predicted molar refractivity (Wildman–Crippen MR) is 108 cm³/mol. The van der Waals surface area contributed by atoms with Gasteiger partial charge in [0, 0.05) is 36.5 Å². The number of hydrogen-bond donors (Lipinski definition) is 1. The first-order chi connectivity index (χ1) is 13.7. The van der Waals surface area contributed by atoms with Gasteiger partial charge in [-0.05, 0) is 30.3 Å². The van der Waals surface area contributed by atoms with Gasteiger partial charge in [-0.2, -0.15) is 0 Å². The fraction of sp³-hybridized carbons (Fsp3) is 0.136. The molecule has 1 amide bonds. The summed E-state index contributed by atoms with van der Waals surface area (Å²) in [5, 5.41) is 2.95. The average molecular weight is 372 g/mol. The molecule has 1 N–H and O–H groups in total. The summed E-state index contributed by atoms with van der Waals surface area (Å²) >= 11 is 0. The van der Waals surface area contributed by atoms with Gasteiger partial charge < -0.3 is 14.6 Å². The Labute approximate surface area is 162 Å². The molecule has 0 atom stereocenters. The summed E-state index contributed by atoms with van der Waals surface area (Å²) in [6.45, 7) is 0.392. The number of fused-ring (bicyclic) bond motifs is 1. The number of amides is 1. The lowest BCUT2D eigenvalue weighted by Crippen LogP contribution is -2.23. The number of para-hydroxylation sites is 1. The van der Waals surface area contributed by atoms with Crippen LogP contribution in [0.1, 0.15) is 15.9 Å². The van der Waals surface area contributed by atoms with E-state index in [2.05, 4.69) is 15.3 Å². The van der Waals surface area contributed by atoms with E-state index in [0.29, 0.717) is 12.1 Å². The van der Waals surface area contributed by atoms with Gasteiger partial charge in [-0.1, -0.05) is 30.3 Å². The number of nitrogens with zero attached hydrogens (tertiary/aromatic N) is 3. The summed E-state index contributed by atoms with van der Waals surface area (Å²) in [5.74, 6) is 1.38.